The van der Waals surface area contributed by atoms with Crippen molar-refractivity contribution in [1.29, 1.82) is 0 Å². The van der Waals surface area contributed by atoms with Gasteiger partial charge < -0.3 is 29.8 Å². The van der Waals surface area contributed by atoms with Gasteiger partial charge in [0.05, 0.1) is 29.8 Å². The van der Waals surface area contributed by atoms with E-state index in [1.165, 1.54) is 0 Å². The van der Waals surface area contributed by atoms with Gasteiger partial charge in [0.2, 0.25) is 0 Å². The number of carbonyl (C=O) groups is 1. The molecule has 276 valence electrons. The molecule has 0 unspecified atom stereocenters. The van der Waals surface area contributed by atoms with Gasteiger partial charge in [-0.3, -0.25) is 9.36 Å². The minimum atomic E-state index is -0.565. The van der Waals surface area contributed by atoms with E-state index in [0.29, 0.717) is 12.1 Å². The van der Waals surface area contributed by atoms with Crippen LogP contribution in [-0.4, -0.2) is 51.2 Å². The number of imidazole rings is 1. The fraction of sp³-hybridized carbons (Fsp3) is 0.289. The van der Waals surface area contributed by atoms with E-state index in [9.17, 15) is 14.7 Å². The van der Waals surface area contributed by atoms with E-state index in [1.807, 2.05) is 83.4 Å². The smallest absolute Gasteiger partial charge is 0.326 e. The number of aliphatic hydroxyl groups is 1. The van der Waals surface area contributed by atoms with Crippen molar-refractivity contribution in [3.63, 3.8) is 0 Å². The second-order valence-corrected chi connectivity index (χ2v) is 14.5. The van der Waals surface area contributed by atoms with Crippen molar-refractivity contribution in [3.05, 3.63) is 166 Å². The van der Waals surface area contributed by atoms with E-state index in [1.54, 1.807) is 0 Å². The Morgan fingerprint density at radius 3 is 2.28 bits per heavy atom. The van der Waals surface area contributed by atoms with Gasteiger partial charge in [-0.25, -0.2) is 4.79 Å². The number of rotatable bonds is 10. The van der Waals surface area contributed by atoms with Gasteiger partial charge in [-0.1, -0.05) is 104 Å². The number of hydrogen-bond donors (Lipinski definition) is 3. The first-order chi connectivity index (χ1) is 26.4. The molecule has 6 aromatic rings. The van der Waals surface area contributed by atoms with Crippen LogP contribution < -0.4 is 11.0 Å². The number of para-hydroxylation sites is 2. The lowest BCUT2D eigenvalue weighted by atomic mass is 9.89. The quantitative estimate of drug-likeness (QED) is 0.135. The molecule has 2 fully saturated rings. The zero-order valence-corrected chi connectivity index (χ0v) is 30.4. The third-order valence-electron chi connectivity index (χ3n) is 11.0. The van der Waals surface area contributed by atoms with Crippen LogP contribution in [0.25, 0.3) is 22.2 Å². The third kappa shape index (κ3) is 7.67. The number of fused-ring (bicyclic) bond motifs is 1. The third-order valence-corrected chi connectivity index (χ3v) is 11.0. The molecule has 4 atom stereocenters. The first kappa shape index (κ1) is 35.7. The first-order valence-corrected chi connectivity index (χ1v) is 18.9. The summed E-state index contributed by atoms with van der Waals surface area (Å²) in [7, 11) is 0. The van der Waals surface area contributed by atoms with Crippen LogP contribution in [0.3, 0.4) is 0 Å². The van der Waals surface area contributed by atoms with E-state index in [-0.39, 0.29) is 42.4 Å². The Morgan fingerprint density at radius 2 is 1.52 bits per heavy atom. The monoisotopic (exact) mass is 722 g/mol. The van der Waals surface area contributed by atoms with Gasteiger partial charge in [-0.05, 0) is 71.0 Å². The number of nitrogens with one attached hydrogen (secondary N) is 2. The lowest BCUT2D eigenvalue weighted by molar-refractivity contribution is -0.276. The van der Waals surface area contributed by atoms with Gasteiger partial charge in [0.15, 0.2) is 6.29 Å². The number of aromatic nitrogens is 2. The summed E-state index contributed by atoms with van der Waals surface area (Å²) in [5.41, 5.74) is 8.44. The summed E-state index contributed by atoms with van der Waals surface area (Å²) in [5, 5.41) is 12.7. The maximum atomic E-state index is 12.9. The van der Waals surface area contributed by atoms with Crippen LogP contribution in [0.1, 0.15) is 70.8 Å². The summed E-state index contributed by atoms with van der Waals surface area (Å²) < 4.78 is 15.5. The van der Waals surface area contributed by atoms with Crippen molar-refractivity contribution in [2.45, 2.75) is 57.5 Å². The second-order valence-electron chi connectivity index (χ2n) is 14.5. The van der Waals surface area contributed by atoms with Gasteiger partial charge in [0, 0.05) is 49.3 Å². The van der Waals surface area contributed by atoms with Gasteiger partial charge in [-0.2, -0.15) is 0 Å². The Bertz CT molecular complexity index is 2240. The molecule has 9 heteroatoms. The number of benzene rings is 5. The summed E-state index contributed by atoms with van der Waals surface area (Å²) in [6.07, 6.45) is 0.908. The van der Waals surface area contributed by atoms with Crippen LogP contribution in [0.15, 0.2) is 132 Å². The summed E-state index contributed by atoms with van der Waals surface area (Å²) in [4.78, 5) is 31.0. The van der Waals surface area contributed by atoms with Crippen LogP contribution in [0.4, 0.5) is 0 Å². The molecule has 0 radical (unpaired) electrons. The summed E-state index contributed by atoms with van der Waals surface area (Å²) in [5.74, 6) is -0.0283. The van der Waals surface area contributed by atoms with E-state index in [4.69, 9.17) is 9.47 Å². The van der Waals surface area contributed by atoms with Gasteiger partial charge in [-0.15, -0.1) is 0 Å². The number of piperidine rings is 1. The molecule has 2 saturated heterocycles. The highest BCUT2D eigenvalue weighted by Gasteiger charge is 2.39. The summed E-state index contributed by atoms with van der Waals surface area (Å²) >= 11 is 0. The molecule has 0 aliphatic carbocycles. The summed E-state index contributed by atoms with van der Waals surface area (Å²) in [6.45, 7) is 5.12. The molecular weight excluding hydrogens is 677 g/mol. The van der Waals surface area contributed by atoms with Gasteiger partial charge >= 0.3 is 5.69 Å². The maximum absolute atomic E-state index is 12.9. The largest absolute Gasteiger partial charge is 0.392 e. The highest BCUT2D eigenvalue weighted by Crippen LogP contribution is 2.42. The molecule has 0 bridgehead atoms. The predicted molar refractivity (Wildman–Crippen MR) is 210 cm³/mol. The summed E-state index contributed by atoms with van der Waals surface area (Å²) in [6, 6.07) is 41.9. The number of hydrogen-bond acceptors (Lipinski definition) is 6. The number of aliphatic hydroxyl groups excluding tert-OH is 1. The molecule has 54 heavy (non-hydrogen) atoms. The molecule has 0 spiro atoms. The Kier molecular flexibility index (Phi) is 10.6. The lowest BCUT2D eigenvalue weighted by Gasteiger charge is -2.44. The molecule has 1 aromatic heterocycles. The molecule has 9 nitrogen and oxygen atoms in total. The normalized spacial score (nSPS) is 20.9. The molecule has 1 amide bonds. The highest BCUT2D eigenvalue weighted by atomic mass is 16.7. The van der Waals surface area contributed by atoms with E-state index >= 15 is 0 Å². The molecular formula is C45H46N4O5. The lowest BCUT2D eigenvalue weighted by Crippen LogP contribution is -2.47. The Morgan fingerprint density at radius 1 is 0.796 bits per heavy atom. The molecule has 3 N–H and O–H groups in total. The Balaban J connectivity index is 0.969. The molecule has 2 aliphatic rings. The van der Waals surface area contributed by atoms with Crippen LogP contribution in [-0.2, 0) is 22.6 Å². The number of aromatic amines is 1. The Hall–Kier alpha value is -5.32. The number of H-pyrrole nitrogens is 1. The average Bonchev–Trinajstić information content (AvgIpc) is 3.57. The van der Waals surface area contributed by atoms with Crippen LogP contribution in [0.2, 0.25) is 0 Å². The Labute approximate surface area is 315 Å². The van der Waals surface area contributed by atoms with E-state index < -0.39 is 6.29 Å². The minimum Gasteiger partial charge on any atom is -0.392 e. The fourth-order valence-corrected chi connectivity index (χ4v) is 7.95. The average molecular weight is 723 g/mol. The predicted octanol–water partition coefficient (Wildman–Crippen LogP) is 7.55. The van der Waals surface area contributed by atoms with Crippen molar-refractivity contribution >= 4 is 16.9 Å². The molecule has 8 rings (SSSR count). The van der Waals surface area contributed by atoms with Crippen LogP contribution in [0, 0.1) is 5.92 Å². The molecule has 2 aliphatic heterocycles. The zero-order chi connectivity index (χ0) is 37.0. The number of ether oxygens (including phenoxy) is 2. The molecule has 3 heterocycles. The van der Waals surface area contributed by atoms with Crippen molar-refractivity contribution in [3.8, 4) is 11.1 Å². The van der Waals surface area contributed by atoms with Crippen molar-refractivity contribution < 1.29 is 19.4 Å². The van der Waals surface area contributed by atoms with Crippen molar-refractivity contribution in [2.24, 2.45) is 5.92 Å². The zero-order valence-electron chi connectivity index (χ0n) is 30.4. The number of amides is 1. The molecule has 0 saturated carbocycles. The SMILES string of the molecule is C[C@H]1[C@@H](CN2CCC(n3c(=O)[nH]c4ccccc43)CC2)O[C@@H](c2ccc(-c3cccc(CNC(=O)c4ccccc4)c3)cc2)O[C@H]1c1ccc(CO)cc1. The van der Waals surface area contributed by atoms with E-state index in [2.05, 4.69) is 70.7 Å². The number of likely N-dealkylation sites (tertiary alicyclic amines) is 1. The van der Waals surface area contributed by atoms with Gasteiger partial charge in [0.25, 0.3) is 5.91 Å². The number of carbonyl (C=O) groups excluding carboxylic acids is 1. The van der Waals surface area contributed by atoms with Crippen LogP contribution in [0.5, 0.6) is 0 Å². The standard InChI is InChI=1S/C45H46N4O5/c1-30-41(28-48-24-22-38(23-25-48)49-40-13-6-5-12-39(40)47-45(49)52)53-44(54-42(30)34-16-14-31(29-50)15-17-34)36-20-18-33(19-21-36)37-11-7-8-32(26-37)27-46-43(51)35-9-3-2-4-10-35/h2-21,26,30,38,41-42,44,50H,22-25,27-29H2,1H3,(H,46,51)(H,47,52)/t30-,41+,42+,44+/m0/s1. The first-order valence-electron chi connectivity index (χ1n) is 18.9. The maximum Gasteiger partial charge on any atom is 0.326 e. The minimum absolute atomic E-state index is 0.00603. The second kappa shape index (κ2) is 16.0. The fourth-order valence-electron chi connectivity index (χ4n) is 7.95. The van der Waals surface area contributed by atoms with Gasteiger partial charge in [0.1, 0.15) is 0 Å². The van der Waals surface area contributed by atoms with Crippen LogP contribution >= 0.6 is 0 Å². The number of nitrogens with zero attached hydrogens (tertiary/aromatic N) is 2. The highest BCUT2D eigenvalue weighted by molar-refractivity contribution is 5.94. The topological polar surface area (TPSA) is 109 Å². The molecule has 5 aromatic carbocycles. The van der Waals surface area contributed by atoms with E-state index in [0.717, 1.165) is 76.9 Å². The van der Waals surface area contributed by atoms with Crippen molar-refractivity contribution in [1.82, 2.24) is 19.8 Å². The van der Waals surface area contributed by atoms with Crippen molar-refractivity contribution in [2.75, 3.05) is 19.6 Å².